The highest BCUT2D eigenvalue weighted by molar-refractivity contribution is 9.10. The van der Waals surface area contributed by atoms with Gasteiger partial charge in [0.05, 0.1) is 7.11 Å². The zero-order valence-corrected chi connectivity index (χ0v) is 8.82. The fourth-order valence-corrected chi connectivity index (χ4v) is 1.70. The molecule has 0 fully saturated rings. The van der Waals surface area contributed by atoms with Gasteiger partial charge >= 0.3 is 0 Å². The number of phenolic OH excluding ortho intramolecular Hbond substituents is 1. The molecule has 0 aliphatic carbocycles. The molecule has 0 aromatic heterocycles. The molecule has 0 aliphatic heterocycles. The summed E-state index contributed by atoms with van der Waals surface area (Å²) in [5.74, 6) is 0.934. The van der Waals surface area contributed by atoms with Crippen molar-refractivity contribution >= 4 is 27.5 Å². The molecular weight excluding hydrogens is 243 g/mol. The minimum Gasteiger partial charge on any atom is -0.504 e. The number of phenols is 1. The van der Waals surface area contributed by atoms with E-state index >= 15 is 0 Å². The minimum atomic E-state index is 0.109. The van der Waals surface area contributed by atoms with Gasteiger partial charge in [0.1, 0.15) is 0 Å². The number of ether oxygens (including phenoxy) is 1. The fraction of sp³-hybridized carbons (Fsp3) is 0.250. The lowest BCUT2D eigenvalue weighted by Gasteiger charge is -2.06. The SMILES string of the molecule is COc1cc(CCl)c(Br)cc1O. The van der Waals surface area contributed by atoms with E-state index in [0.29, 0.717) is 11.6 Å². The Balaban J connectivity index is 3.18. The first kappa shape index (κ1) is 9.68. The molecule has 0 saturated heterocycles. The van der Waals surface area contributed by atoms with Crippen LogP contribution in [0.15, 0.2) is 16.6 Å². The number of hydrogen-bond acceptors (Lipinski definition) is 2. The van der Waals surface area contributed by atoms with Crippen LogP contribution in [0.25, 0.3) is 0 Å². The van der Waals surface area contributed by atoms with Crippen molar-refractivity contribution in [3.63, 3.8) is 0 Å². The molecule has 0 heterocycles. The summed E-state index contributed by atoms with van der Waals surface area (Å²) in [5.41, 5.74) is 0.895. The number of alkyl halides is 1. The predicted octanol–water partition coefficient (Wildman–Crippen LogP) is 2.90. The van der Waals surface area contributed by atoms with Gasteiger partial charge in [0.15, 0.2) is 11.5 Å². The van der Waals surface area contributed by atoms with Gasteiger partial charge in [-0.25, -0.2) is 0 Å². The molecule has 12 heavy (non-hydrogen) atoms. The molecule has 1 aromatic rings. The standard InChI is InChI=1S/C8H8BrClO2/c1-12-8-2-5(4-10)6(9)3-7(8)11/h2-3,11H,4H2,1H3. The van der Waals surface area contributed by atoms with E-state index in [9.17, 15) is 5.11 Å². The Labute approximate surface area is 84.2 Å². The maximum atomic E-state index is 9.31. The van der Waals surface area contributed by atoms with Gasteiger partial charge in [-0.15, -0.1) is 11.6 Å². The highest BCUT2D eigenvalue weighted by atomic mass is 79.9. The van der Waals surface area contributed by atoms with Crippen LogP contribution in [-0.4, -0.2) is 12.2 Å². The molecule has 4 heteroatoms. The maximum absolute atomic E-state index is 9.31. The van der Waals surface area contributed by atoms with Gasteiger partial charge < -0.3 is 9.84 Å². The second-order valence-electron chi connectivity index (χ2n) is 2.25. The van der Waals surface area contributed by atoms with E-state index in [2.05, 4.69) is 15.9 Å². The lowest BCUT2D eigenvalue weighted by molar-refractivity contribution is 0.373. The molecule has 0 aliphatic rings. The Morgan fingerprint density at radius 2 is 2.25 bits per heavy atom. The van der Waals surface area contributed by atoms with Gasteiger partial charge in [0.25, 0.3) is 0 Å². The first-order valence-electron chi connectivity index (χ1n) is 3.30. The molecule has 0 spiro atoms. The minimum absolute atomic E-state index is 0.109. The number of halogens is 2. The third-order valence-electron chi connectivity index (χ3n) is 1.49. The summed E-state index contributed by atoms with van der Waals surface area (Å²) in [5, 5.41) is 9.31. The summed E-state index contributed by atoms with van der Waals surface area (Å²) < 4.78 is 5.70. The van der Waals surface area contributed by atoms with E-state index < -0.39 is 0 Å². The van der Waals surface area contributed by atoms with Crippen molar-refractivity contribution in [2.24, 2.45) is 0 Å². The maximum Gasteiger partial charge on any atom is 0.160 e. The molecule has 0 atom stereocenters. The van der Waals surface area contributed by atoms with Crippen molar-refractivity contribution in [1.29, 1.82) is 0 Å². The third-order valence-corrected chi connectivity index (χ3v) is 2.52. The van der Waals surface area contributed by atoms with Crippen LogP contribution in [0, 0.1) is 0 Å². The first-order valence-corrected chi connectivity index (χ1v) is 4.63. The molecule has 2 nitrogen and oxygen atoms in total. The van der Waals surface area contributed by atoms with Gasteiger partial charge in [0, 0.05) is 10.4 Å². The smallest absolute Gasteiger partial charge is 0.160 e. The zero-order chi connectivity index (χ0) is 9.14. The van der Waals surface area contributed by atoms with Crippen molar-refractivity contribution in [3.8, 4) is 11.5 Å². The lowest BCUT2D eigenvalue weighted by Crippen LogP contribution is -1.87. The summed E-state index contributed by atoms with van der Waals surface area (Å²) in [6.45, 7) is 0. The van der Waals surface area contributed by atoms with E-state index in [1.807, 2.05) is 0 Å². The van der Waals surface area contributed by atoms with Crippen LogP contribution in [0.1, 0.15) is 5.56 Å². The Hall–Kier alpha value is -0.410. The van der Waals surface area contributed by atoms with E-state index in [1.165, 1.54) is 7.11 Å². The molecular formula is C8H8BrClO2. The molecule has 1 aromatic carbocycles. The number of aromatic hydroxyl groups is 1. The number of methoxy groups -OCH3 is 1. The highest BCUT2D eigenvalue weighted by Crippen LogP contribution is 2.32. The Kier molecular flexibility index (Phi) is 3.23. The molecule has 66 valence electrons. The Bertz CT molecular complexity index is 263. The van der Waals surface area contributed by atoms with Crippen LogP contribution in [0.5, 0.6) is 11.5 Å². The largest absolute Gasteiger partial charge is 0.504 e. The summed E-state index contributed by atoms with van der Waals surface area (Å²) in [4.78, 5) is 0. The van der Waals surface area contributed by atoms with Gasteiger partial charge in [0.2, 0.25) is 0 Å². The van der Waals surface area contributed by atoms with Crippen LogP contribution >= 0.6 is 27.5 Å². The van der Waals surface area contributed by atoms with Crippen LogP contribution < -0.4 is 4.74 Å². The van der Waals surface area contributed by atoms with E-state index in [-0.39, 0.29) is 5.75 Å². The van der Waals surface area contributed by atoms with Crippen LogP contribution in [0.3, 0.4) is 0 Å². The second kappa shape index (κ2) is 4.01. The number of hydrogen-bond donors (Lipinski definition) is 1. The quantitative estimate of drug-likeness (QED) is 0.819. The predicted molar refractivity (Wildman–Crippen MR) is 51.9 cm³/mol. The number of rotatable bonds is 2. The summed E-state index contributed by atoms with van der Waals surface area (Å²) in [7, 11) is 1.50. The van der Waals surface area contributed by atoms with Crippen LogP contribution in [-0.2, 0) is 5.88 Å². The summed E-state index contributed by atoms with van der Waals surface area (Å²) >= 11 is 8.92. The van der Waals surface area contributed by atoms with Gasteiger partial charge in [-0.2, -0.15) is 0 Å². The average Bonchev–Trinajstić information content (AvgIpc) is 2.05. The van der Waals surface area contributed by atoms with Crippen molar-refractivity contribution in [3.05, 3.63) is 22.2 Å². The zero-order valence-electron chi connectivity index (χ0n) is 6.47. The molecule has 0 unspecified atom stereocenters. The normalized spacial score (nSPS) is 9.92. The summed E-state index contributed by atoms with van der Waals surface area (Å²) in [6, 6.07) is 3.27. The topological polar surface area (TPSA) is 29.5 Å². The van der Waals surface area contributed by atoms with Gasteiger partial charge in [-0.05, 0) is 17.7 Å². The third kappa shape index (κ3) is 1.84. The van der Waals surface area contributed by atoms with Crippen molar-refractivity contribution < 1.29 is 9.84 Å². The van der Waals surface area contributed by atoms with E-state index in [0.717, 1.165) is 10.0 Å². The molecule has 0 bridgehead atoms. The Morgan fingerprint density at radius 3 is 2.75 bits per heavy atom. The molecule has 0 amide bonds. The molecule has 1 rings (SSSR count). The monoisotopic (exact) mass is 250 g/mol. The molecule has 0 saturated carbocycles. The van der Waals surface area contributed by atoms with Crippen molar-refractivity contribution in [2.45, 2.75) is 5.88 Å². The summed E-state index contributed by atoms with van der Waals surface area (Å²) in [6.07, 6.45) is 0. The van der Waals surface area contributed by atoms with E-state index in [1.54, 1.807) is 12.1 Å². The second-order valence-corrected chi connectivity index (χ2v) is 3.37. The number of benzene rings is 1. The van der Waals surface area contributed by atoms with E-state index in [4.69, 9.17) is 16.3 Å². The average molecular weight is 252 g/mol. The highest BCUT2D eigenvalue weighted by Gasteiger charge is 2.06. The van der Waals surface area contributed by atoms with Gasteiger partial charge in [-0.1, -0.05) is 15.9 Å². The first-order chi connectivity index (χ1) is 5.69. The van der Waals surface area contributed by atoms with Crippen molar-refractivity contribution in [2.75, 3.05) is 7.11 Å². The van der Waals surface area contributed by atoms with Gasteiger partial charge in [-0.3, -0.25) is 0 Å². The van der Waals surface area contributed by atoms with Crippen LogP contribution in [0.2, 0.25) is 0 Å². The Morgan fingerprint density at radius 1 is 1.58 bits per heavy atom. The molecule has 0 radical (unpaired) electrons. The lowest BCUT2D eigenvalue weighted by atomic mass is 10.2. The van der Waals surface area contributed by atoms with Crippen LogP contribution in [0.4, 0.5) is 0 Å². The molecule has 1 N–H and O–H groups in total. The fourth-order valence-electron chi connectivity index (χ4n) is 0.851. The van der Waals surface area contributed by atoms with Crippen molar-refractivity contribution in [1.82, 2.24) is 0 Å².